The van der Waals surface area contributed by atoms with Crippen molar-refractivity contribution in [1.82, 2.24) is 4.40 Å². The van der Waals surface area contributed by atoms with Gasteiger partial charge >= 0.3 is 0 Å². The molecule has 2 aromatic heterocycles. The number of aromatic nitrogens is 1. The van der Waals surface area contributed by atoms with E-state index in [1.165, 1.54) is 16.6 Å². The largest absolute Gasteiger partial charge is 0.323 e. The van der Waals surface area contributed by atoms with Gasteiger partial charge in [0, 0.05) is 17.9 Å². The van der Waals surface area contributed by atoms with E-state index in [0.29, 0.717) is 0 Å². The molecule has 74 valence electrons. The molecule has 0 aliphatic heterocycles. The number of aryl methyl sites for hydroxylation is 1. The molecule has 0 amide bonds. The third kappa shape index (κ3) is 1.54. The second kappa shape index (κ2) is 2.88. The average molecular weight is 187 g/mol. The van der Waals surface area contributed by atoms with Gasteiger partial charge in [0.1, 0.15) is 0 Å². The van der Waals surface area contributed by atoms with E-state index < -0.39 is 0 Å². The Morgan fingerprint density at radius 3 is 2.43 bits per heavy atom. The second-order valence-electron chi connectivity index (χ2n) is 5.02. The minimum absolute atomic E-state index is 0.229. The van der Waals surface area contributed by atoms with Gasteiger partial charge in [-0.1, -0.05) is 26.8 Å². The summed E-state index contributed by atoms with van der Waals surface area (Å²) in [6.45, 7) is 8.85. The van der Waals surface area contributed by atoms with Crippen LogP contribution in [-0.2, 0) is 5.41 Å². The average Bonchev–Trinajstić information content (AvgIpc) is 2.41. The lowest BCUT2D eigenvalue weighted by Crippen LogP contribution is -2.11. The van der Waals surface area contributed by atoms with Crippen LogP contribution in [0.1, 0.15) is 31.9 Å². The fourth-order valence-electron chi connectivity index (χ4n) is 1.70. The third-order valence-electron chi connectivity index (χ3n) is 2.59. The van der Waals surface area contributed by atoms with Crippen molar-refractivity contribution >= 4 is 5.52 Å². The molecule has 2 rings (SSSR count). The van der Waals surface area contributed by atoms with Crippen molar-refractivity contribution in [3.63, 3.8) is 0 Å². The first-order chi connectivity index (χ1) is 6.47. The molecule has 0 radical (unpaired) electrons. The molecule has 2 aromatic rings. The summed E-state index contributed by atoms with van der Waals surface area (Å²) in [7, 11) is 0. The van der Waals surface area contributed by atoms with E-state index >= 15 is 0 Å². The molecule has 0 unspecified atom stereocenters. The normalized spacial score (nSPS) is 12.3. The first-order valence-electron chi connectivity index (χ1n) is 5.06. The third-order valence-corrected chi connectivity index (χ3v) is 2.59. The van der Waals surface area contributed by atoms with Gasteiger partial charge in [-0.25, -0.2) is 0 Å². The molecule has 1 nitrogen and oxygen atoms in total. The summed E-state index contributed by atoms with van der Waals surface area (Å²) in [5, 5.41) is 0. The quantitative estimate of drug-likeness (QED) is 0.594. The summed E-state index contributed by atoms with van der Waals surface area (Å²) in [5.41, 5.74) is 4.19. The maximum atomic E-state index is 2.24. The fourth-order valence-corrected chi connectivity index (χ4v) is 1.70. The molecule has 0 N–H and O–H groups in total. The van der Waals surface area contributed by atoms with Crippen molar-refractivity contribution < 1.29 is 0 Å². The Morgan fingerprint density at radius 2 is 1.79 bits per heavy atom. The fraction of sp³-hybridized carbons (Fsp3) is 0.385. The summed E-state index contributed by atoms with van der Waals surface area (Å²) in [6, 6.07) is 6.61. The van der Waals surface area contributed by atoms with E-state index in [0.717, 1.165) is 0 Å². The van der Waals surface area contributed by atoms with Gasteiger partial charge in [0.2, 0.25) is 0 Å². The number of hydrogen-bond donors (Lipinski definition) is 0. The van der Waals surface area contributed by atoms with Crippen molar-refractivity contribution in [2.24, 2.45) is 0 Å². The lowest BCUT2D eigenvalue weighted by atomic mass is 9.88. The van der Waals surface area contributed by atoms with E-state index in [-0.39, 0.29) is 5.41 Å². The number of nitrogens with zero attached hydrogens (tertiary/aromatic N) is 1. The highest BCUT2D eigenvalue weighted by molar-refractivity contribution is 5.51. The Kier molecular flexibility index (Phi) is 1.91. The predicted octanol–water partition coefficient (Wildman–Crippen LogP) is 3.55. The van der Waals surface area contributed by atoms with Crippen LogP contribution in [0.2, 0.25) is 0 Å². The molecule has 0 atom stereocenters. The Labute approximate surface area is 85.4 Å². The smallest absolute Gasteiger partial charge is 0.0452 e. The SMILES string of the molecule is Cc1cc2ccc(C(C)(C)C)cn2c1. The summed E-state index contributed by atoms with van der Waals surface area (Å²) >= 11 is 0. The second-order valence-corrected chi connectivity index (χ2v) is 5.02. The standard InChI is InChI=1S/C13H17N/c1-10-7-12-6-5-11(13(2,3)4)9-14(12)8-10/h5-9H,1-4H3. The molecule has 2 heterocycles. The van der Waals surface area contributed by atoms with Gasteiger partial charge in [0.15, 0.2) is 0 Å². The molecule has 0 aromatic carbocycles. The van der Waals surface area contributed by atoms with Crippen LogP contribution in [0.25, 0.3) is 5.52 Å². The van der Waals surface area contributed by atoms with Crippen LogP contribution in [0.3, 0.4) is 0 Å². The Bertz CT molecular complexity index is 458. The Balaban J connectivity index is 2.62. The minimum atomic E-state index is 0.229. The number of hydrogen-bond acceptors (Lipinski definition) is 0. The molecule has 0 saturated carbocycles. The number of fused-ring (bicyclic) bond motifs is 1. The van der Waals surface area contributed by atoms with Crippen LogP contribution in [0.5, 0.6) is 0 Å². The zero-order chi connectivity index (χ0) is 10.3. The molecular weight excluding hydrogens is 170 g/mol. The summed E-state index contributed by atoms with van der Waals surface area (Å²) in [4.78, 5) is 0. The molecule has 0 spiro atoms. The van der Waals surface area contributed by atoms with Gasteiger partial charge in [-0.05, 0) is 35.6 Å². The van der Waals surface area contributed by atoms with Gasteiger partial charge in [0.05, 0.1) is 0 Å². The van der Waals surface area contributed by atoms with Crippen LogP contribution < -0.4 is 0 Å². The predicted molar refractivity (Wildman–Crippen MR) is 60.8 cm³/mol. The zero-order valence-corrected chi connectivity index (χ0v) is 9.33. The number of rotatable bonds is 0. The van der Waals surface area contributed by atoms with Crippen LogP contribution in [0.4, 0.5) is 0 Å². The van der Waals surface area contributed by atoms with Crippen molar-refractivity contribution in [3.8, 4) is 0 Å². The monoisotopic (exact) mass is 187 g/mol. The van der Waals surface area contributed by atoms with E-state index in [1.807, 2.05) is 0 Å². The molecule has 0 fully saturated rings. The van der Waals surface area contributed by atoms with Gasteiger partial charge in [-0.3, -0.25) is 0 Å². The lowest BCUT2D eigenvalue weighted by molar-refractivity contribution is 0.586. The first kappa shape index (κ1) is 9.32. The van der Waals surface area contributed by atoms with Gasteiger partial charge in [0.25, 0.3) is 0 Å². The van der Waals surface area contributed by atoms with Crippen molar-refractivity contribution in [2.75, 3.05) is 0 Å². The number of pyridine rings is 1. The molecule has 0 saturated heterocycles. The van der Waals surface area contributed by atoms with Gasteiger partial charge in [-0.2, -0.15) is 0 Å². The lowest BCUT2D eigenvalue weighted by Gasteiger charge is -2.18. The van der Waals surface area contributed by atoms with Crippen molar-refractivity contribution in [3.05, 3.63) is 41.7 Å². The highest BCUT2D eigenvalue weighted by atomic mass is 14.9. The Morgan fingerprint density at radius 1 is 1.07 bits per heavy atom. The summed E-state index contributed by atoms with van der Waals surface area (Å²) < 4.78 is 2.20. The van der Waals surface area contributed by atoms with Crippen LogP contribution in [-0.4, -0.2) is 4.40 Å². The van der Waals surface area contributed by atoms with Gasteiger partial charge < -0.3 is 4.40 Å². The van der Waals surface area contributed by atoms with Crippen molar-refractivity contribution in [2.45, 2.75) is 33.1 Å². The molecule has 0 aliphatic carbocycles. The highest BCUT2D eigenvalue weighted by Gasteiger charge is 2.13. The van der Waals surface area contributed by atoms with Crippen LogP contribution in [0, 0.1) is 6.92 Å². The molecule has 1 heteroatoms. The molecule has 14 heavy (non-hydrogen) atoms. The van der Waals surface area contributed by atoms with Crippen molar-refractivity contribution in [1.29, 1.82) is 0 Å². The molecule has 0 bridgehead atoms. The van der Waals surface area contributed by atoms with E-state index in [2.05, 4.69) is 62.7 Å². The maximum absolute atomic E-state index is 2.24. The van der Waals surface area contributed by atoms with Crippen LogP contribution in [0.15, 0.2) is 30.6 Å². The first-order valence-corrected chi connectivity index (χ1v) is 5.06. The zero-order valence-electron chi connectivity index (χ0n) is 9.33. The van der Waals surface area contributed by atoms with E-state index in [9.17, 15) is 0 Å². The maximum Gasteiger partial charge on any atom is 0.0452 e. The Hall–Kier alpha value is -1.24. The minimum Gasteiger partial charge on any atom is -0.323 e. The summed E-state index contributed by atoms with van der Waals surface area (Å²) in [5.74, 6) is 0. The molecular formula is C13H17N. The summed E-state index contributed by atoms with van der Waals surface area (Å²) in [6.07, 6.45) is 4.40. The van der Waals surface area contributed by atoms with Crippen LogP contribution >= 0.6 is 0 Å². The molecule has 0 aliphatic rings. The highest BCUT2D eigenvalue weighted by Crippen LogP contribution is 2.23. The topological polar surface area (TPSA) is 4.41 Å². The van der Waals surface area contributed by atoms with Gasteiger partial charge in [-0.15, -0.1) is 0 Å². The van der Waals surface area contributed by atoms with E-state index in [1.54, 1.807) is 0 Å². The van der Waals surface area contributed by atoms with E-state index in [4.69, 9.17) is 0 Å².